The topological polar surface area (TPSA) is 316 Å². The number of hydrogen-bond donors (Lipinski definition) is 11. The Bertz CT molecular complexity index is 1830. The molecule has 20 heteroatoms. The molecule has 1 fully saturated rings. The van der Waals surface area contributed by atoms with Crippen molar-refractivity contribution in [2.75, 3.05) is 26.7 Å². The van der Waals surface area contributed by atoms with Crippen LogP contribution in [0.5, 0.6) is 0 Å². The highest BCUT2D eigenvalue weighted by Crippen LogP contribution is 2.21. The van der Waals surface area contributed by atoms with Gasteiger partial charge in [-0.05, 0) is 68.4 Å². The molecule has 2 heterocycles. The van der Waals surface area contributed by atoms with Crippen molar-refractivity contribution in [1.29, 1.82) is 0 Å². The van der Waals surface area contributed by atoms with Gasteiger partial charge in [0.25, 0.3) is 0 Å². The number of carbonyl (C=O) groups excluding carboxylic acids is 6. The summed E-state index contributed by atoms with van der Waals surface area (Å²) in [5.74, 6) is -5.07. The van der Waals surface area contributed by atoms with Gasteiger partial charge >= 0.3 is 12.0 Å². The van der Waals surface area contributed by atoms with E-state index >= 15 is 0 Å². The van der Waals surface area contributed by atoms with Crippen LogP contribution >= 0.6 is 0 Å². The Kier molecular flexibility index (Phi) is 19.1. The maximum Gasteiger partial charge on any atom is 0.326 e. The Hall–Kier alpha value is -5.92. The second-order valence-electron chi connectivity index (χ2n) is 16.0. The molecule has 6 atom stereocenters. The van der Waals surface area contributed by atoms with Gasteiger partial charge < -0.3 is 63.5 Å². The van der Waals surface area contributed by atoms with Gasteiger partial charge in [-0.25, -0.2) is 9.59 Å². The number of urea groups is 1. The number of H-pyrrole nitrogens is 1. The van der Waals surface area contributed by atoms with Crippen molar-refractivity contribution in [2.45, 2.75) is 115 Å². The van der Waals surface area contributed by atoms with E-state index < -0.39 is 84.4 Å². The van der Waals surface area contributed by atoms with E-state index in [0.717, 1.165) is 16.5 Å². The van der Waals surface area contributed by atoms with Crippen LogP contribution in [0.3, 0.4) is 0 Å². The molecular formula is C40H63N11O9. The summed E-state index contributed by atoms with van der Waals surface area (Å²) in [4.78, 5) is 103. The van der Waals surface area contributed by atoms with E-state index in [4.69, 9.17) is 11.5 Å². The van der Waals surface area contributed by atoms with E-state index in [2.05, 4.69) is 41.9 Å². The van der Waals surface area contributed by atoms with Crippen LogP contribution in [0.2, 0.25) is 0 Å². The maximum absolute atomic E-state index is 14.2. The Morgan fingerprint density at radius 2 is 1.57 bits per heavy atom. The third kappa shape index (κ3) is 15.0. The third-order valence-electron chi connectivity index (χ3n) is 10.1. The molecule has 20 nitrogen and oxygen atoms in total. The lowest BCUT2D eigenvalue weighted by atomic mass is 9.97. The predicted molar refractivity (Wildman–Crippen MR) is 224 cm³/mol. The van der Waals surface area contributed by atoms with E-state index in [1.54, 1.807) is 6.20 Å². The summed E-state index contributed by atoms with van der Waals surface area (Å²) < 4.78 is 0. The highest BCUT2D eigenvalue weighted by atomic mass is 16.4. The zero-order chi connectivity index (χ0) is 44.5. The summed E-state index contributed by atoms with van der Waals surface area (Å²) in [7, 11) is 1.46. The molecule has 1 aromatic carbocycles. The second kappa shape index (κ2) is 23.6. The van der Waals surface area contributed by atoms with Crippen molar-refractivity contribution in [3.8, 4) is 0 Å². The molecule has 1 saturated heterocycles. The third-order valence-corrected chi connectivity index (χ3v) is 10.1. The maximum atomic E-state index is 14.2. The van der Waals surface area contributed by atoms with Crippen LogP contribution in [-0.4, -0.2) is 131 Å². The van der Waals surface area contributed by atoms with Gasteiger partial charge in [-0.3, -0.25) is 29.0 Å². The molecule has 13 N–H and O–H groups in total. The van der Waals surface area contributed by atoms with Crippen LogP contribution in [0, 0.1) is 11.8 Å². The number of nitrogens with zero attached hydrogens (tertiary/aromatic N) is 2. The first-order valence-corrected chi connectivity index (χ1v) is 20.4. The summed E-state index contributed by atoms with van der Waals surface area (Å²) in [5.41, 5.74) is 12.3. The number of carbonyl (C=O) groups is 7. The molecule has 7 amide bonds. The molecule has 0 aliphatic carbocycles. The highest BCUT2D eigenvalue weighted by Gasteiger charge is 2.36. The van der Waals surface area contributed by atoms with Crippen LogP contribution in [0.1, 0.15) is 78.2 Å². The Labute approximate surface area is 349 Å². The number of para-hydroxylation sites is 1. The first kappa shape index (κ1) is 48.4. The molecule has 0 unspecified atom stereocenters. The number of benzene rings is 1. The number of aromatic nitrogens is 1. The molecule has 2 aromatic rings. The Balaban J connectivity index is 1.96. The minimum absolute atomic E-state index is 0.0250. The smallest absolute Gasteiger partial charge is 0.326 e. The average Bonchev–Trinajstić information content (AvgIpc) is 3.59. The van der Waals surface area contributed by atoms with E-state index in [1.165, 1.54) is 11.9 Å². The van der Waals surface area contributed by atoms with Gasteiger partial charge in [0.15, 0.2) is 5.96 Å². The van der Waals surface area contributed by atoms with Crippen molar-refractivity contribution in [1.82, 2.24) is 41.8 Å². The number of aliphatic carboxylic acids is 1. The molecule has 0 saturated carbocycles. The van der Waals surface area contributed by atoms with Crippen molar-refractivity contribution in [3.63, 3.8) is 0 Å². The Morgan fingerprint density at radius 3 is 2.22 bits per heavy atom. The molecule has 0 radical (unpaired) electrons. The fraction of sp³-hybridized carbons (Fsp3) is 0.600. The number of carboxylic acid groups (broad SMARTS) is 1. The largest absolute Gasteiger partial charge is 0.480 e. The number of fused-ring (bicyclic) bond motifs is 1. The molecule has 1 aliphatic rings. The lowest BCUT2D eigenvalue weighted by Crippen LogP contribution is -2.60. The first-order valence-electron chi connectivity index (χ1n) is 20.4. The number of nitrogens with two attached hydrogens (primary N) is 2. The summed E-state index contributed by atoms with van der Waals surface area (Å²) in [5, 5.41) is 36.5. The van der Waals surface area contributed by atoms with Crippen LogP contribution in [0.4, 0.5) is 4.79 Å². The van der Waals surface area contributed by atoms with Crippen molar-refractivity contribution in [3.05, 3.63) is 36.0 Å². The molecule has 0 spiro atoms. The van der Waals surface area contributed by atoms with E-state index in [9.17, 15) is 43.8 Å². The fourth-order valence-corrected chi connectivity index (χ4v) is 6.91. The summed E-state index contributed by atoms with van der Waals surface area (Å²) in [6, 6.07) is -0.954. The fourth-order valence-electron chi connectivity index (χ4n) is 6.91. The van der Waals surface area contributed by atoms with Gasteiger partial charge in [-0.15, -0.1) is 0 Å². The number of aliphatic imine (C=N–C) groups is 1. The molecule has 332 valence electrons. The van der Waals surface area contributed by atoms with Crippen molar-refractivity contribution >= 4 is 58.4 Å². The first-order chi connectivity index (χ1) is 28.4. The lowest BCUT2D eigenvalue weighted by molar-refractivity contribution is -0.143. The minimum atomic E-state index is -1.55. The molecule has 3 rings (SSSR count). The van der Waals surface area contributed by atoms with E-state index in [1.807, 2.05) is 52.0 Å². The zero-order valence-corrected chi connectivity index (χ0v) is 35.1. The number of aliphatic hydroxyl groups is 1. The Morgan fingerprint density at radius 1 is 0.900 bits per heavy atom. The highest BCUT2D eigenvalue weighted by molar-refractivity contribution is 5.97. The van der Waals surface area contributed by atoms with Crippen molar-refractivity contribution in [2.24, 2.45) is 28.3 Å². The van der Waals surface area contributed by atoms with Crippen LogP contribution in [0.25, 0.3) is 10.9 Å². The standard InChI is InChI=1S/C40H63N11O9/c1-22(2)17-30-37(57)51(5)32(18-23(3)4)36(56)46-29(19-24-20-45-26-12-7-6-11-25(24)26)33(53)43-15-9-8-13-27(34(54)48-31(21-52)35(55)47-30)49-40(60)50-28(38(58)59)14-10-16-44-39(41)42/h6-7,11-12,20,22-23,27-32,45,52H,8-10,13-19,21H2,1-5H3,(H,43,53)(H,46,56)(H,47,55)(H,48,54)(H,58,59)(H4,41,42,44)(H2,49,50,60)/t27-,28+,29+,30+,31+,32+/m1/s1. The number of guanidine groups is 1. The van der Waals surface area contributed by atoms with Gasteiger partial charge in [-0.1, -0.05) is 45.9 Å². The van der Waals surface area contributed by atoms with Crippen molar-refractivity contribution < 1.29 is 43.8 Å². The molecule has 60 heavy (non-hydrogen) atoms. The number of aliphatic hydroxyl groups excluding tert-OH is 1. The number of rotatable bonds is 14. The molecule has 1 aromatic heterocycles. The van der Waals surface area contributed by atoms with Crippen LogP contribution in [-0.2, 0) is 35.2 Å². The van der Waals surface area contributed by atoms with E-state index in [0.29, 0.717) is 6.42 Å². The summed E-state index contributed by atoms with van der Waals surface area (Å²) >= 11 is 0. The van der Waals surface area contributed by atoms with Gasteiger partial charge in [0.05, 0.1) is 6.61 Å². The summed E-state index contributed by atoms with van der Waals surface area (Å²) in [6.45, 7) is 6.83. The minimum Gasteiger partial charge on any atom is -0.480 e. The molecule has 0 bridgehead atoms. The number of likely N-dealkylation sites (N-methyl/N-ethyl adjacent to an activating group) is 1. The van der Waals surface area contributed by atoms with Gasteiger partial charge in [0.2, 0.25) is 29.5 Å². The number of nitrogens with one attached hydrogen (secondary N) is 7. The number of aromatic amines is 1. The summed E-state index contributed by atoms with van der Waals surface area (Å²) in [6.07, 6.45) is 3.00. The normalized spacial score (nSPS) is 22.1. The predicted octanol–water partition coefficient (Wildman–Crippen LogP) is -0.449. The number of amides is 7. The number of hydrogen-bond acceptors (Lipinski definition) is 9. The monoisotopic (exact) mass is 841 g/mol. The molecule has 1 aliphatic heterocycles. The number of carboxylic acids is 1. The average molecular weight is 842 g/mol. The molecular weight excluding hydrogens is 779 g/mol. The lowest BCUT2D eigenvalue weighted by Gasteiger charge is -2.33. The second-order valence-corrected chi connectivity index (χ2v) is 16.0. The van der Waals surface area contributed by atoms with Crippen LogP contribution in [0.15, 0.2) is 35.5 Å². The quantitative estimate of drug-likeness (QED) is 0.0658. The van der Waals surface area contributed by atoms with Gasteiger partial charge in [0, 0.05) is 43.7 Å². The zero-order valence-electron chi connectivity index (χ0n) is 35.1. The van der Waals surface area contributed by atoms with Gasteiger partial charge in [0.1, 0.15) is 36.3 Å². The van der Waals surface area contributed by atoms with E-state index in [-0.39, 0.29) is 75.8 Å². The van der Waals surface area contributed by atoms with Gasteiger partial charge in [-0.2, -0.15) is 0 Å². The SMILES string of the molecule is CC(C)C[C@@H]1NC(=O)[C@H](CO)NC(=O)[C@H](NC(=O)N[C@@H](CCCN=C(N)N)C(=O)O)CCCCNC(=O)[C@H](Cc2c[nH]c3ccccc23)NC(=O)[C@H](CC(C)C)N(C)C1=O. The van der Waals surface area contributed by atoms with Crippen LogP contribution < -0.4 is 43.4 Å².